The monoisotopic (exact) mass is 406 g/mol. The summed E-state index contributed by atoms with van der Waals surface area (Å²) in [7, 11) is 0. The number of nitriles is 1. The Bertz CT molecular complexity index is 1410. The number of hydrogen-bond acceptors (Lipinski definition) is 3. The summed E-state index contributed by atoms with van der Waals surface area (Å²) in [6.07, 6.45) is 8.38. The fourth-order valence-corrected chi connectivity index (χ4v) is 4.68. The van der Waals surface area contributed by atoms with Crippen LogP contribution in [0.3, 0.4) is 0 Å². The van der Waals surface area contributed by atoms with Crippen molar-refractivity contribution in [3.63, 3.8) is 0 Å². The Morgan fingerprint density at radius 2 is 1.90 bits per heavy atom. The highest BCUT2D eigenvalue weighted by Gasteiger charge is 2.09. The molecule has 1 heterocycles. The lowest BCUT2D eigenvalue weighted by molar-refractivity contribution is 1.28. The summed E-state index contributed by atoms with van der Waals surface area (Å²) >= 11 is 1.85. The van der Waals surface area contributed by atoms with Gasteiger partial charge in [-0.2, -0.15) is 5.26 Å². The molecule has 0 unspecified atom stereocenters. The van der Waals surface area contributed by atoms with Crippen molar-refractivity contribution in [2.45, 2.75) is 13.3 Å². The van der Waals surface area contributed by atoms with Gasteiger partial charge in [0.15, 0.2) is 0 Å². The average molecular weight is 407 g/mol. The first kappa shape index (κ1) is 19.7. The molecule has 2 nitrogen and oxygen atoms in total. The van der Waals surface area contributed by atoms with Crippen molar-refractivity contribution < 1.29 is 0 Å². The van der Waals surface area contributed by atoms with Crippen molar-refractivity contribution in [1.82, 2.24) is 0 Å². The molecular formula is C27H22N2S. The van der Waals surface area contributed by atoms with Crippen LogP contribution in [0.25, 0.3) is 30.9 Å². The van der Waals surface area contributed by atoms with Gasteiger partial charge >= 0.3 is 0 Å². The molecule has 2 N–H and O–H groups in total. The summed E-state index contributed by atoms with van der Waals surface area (Å²) < 4.78 is 2.64. The normalized spacial score (nSPS) is 12.8. The van der Waals surface area contributed by atoms with Gasteiger partial charge in [0.2, 0.25) is 0 Å². The van der Waals surface area contributed by atoms with E-state index in [-0.39, 0.29) is 0 Å². The molecule has 0 atom stereocenters. The molecule has 0 amide bonds. The zero-order valence-corrected chi connectivity index (χ0v) is 17.7. The Hall–Kier alpha value is -3.61. The molecule has 146 valence electrons. The van der Waals surface area contributed by atoms with Crippen molar-refractivity contribution in [2.75, 3.05) is 0 Å². The van der Waals surface area contributed by atoms with Gasteiger partial charge in [-0.05, 0) is 65.6 Å². The molecule has 3 heteroatoms. The molecule has 0 bridgehead atoms. The molecule has 0 aliphatic carbocycles. The van der Waals surface area contributed by atoms with E-state index in [4.69, 9.17) is 11.0 Å². The Morgan fingerprint density at radius 3 is 2.73 bits per heavy atom. The van der Waals surface area contributed by atoms with E-state index in [1.165, 1.54) is 36.5 Å². The highest BCUT2D eigenvalue weighted by atomic mass is 32.1. The van der Waals surface area contributed by atoms with Crippen LogP contribution in [0.15, 0.2) is 102 Å². The smallest absolute Gasteiger partial charge is 0.0944 e. The number of nitrogens with two attached hydrogens (primary N) is 1. The quantitative estimate of drug-likeness (QED) is 0.282. The van der Waals surface area contributed by atoms with Crippen molar-refractivity contribution >= 4 is 42.3 Å². The largest absolute Gasteiger partial charge is 0.398 e. The zero-order valence-electron chi connectivity index (χ0n) is 16.9. The number of fused-ring (bicyclic) bond motifs is 5. The predicted octanol–water partition coefficient (Wildman–Crippen LogP) is 7.18. The fraction of sp³-hybridized carbons (Fsp3) is 0.0741. The van der Waals surface area contributed by atoms with Crippen LogP contribution in [0, 0.1) is 11.3 Å². The maximum atomic E-state index is 8.86. The van der Waals surface area contributed by atoms with E-state index in [2.05, 4.69) is 73.3 Å². The molecule has 0 radical (unpaired) electrons. The average Bonchev–Trinajstić information content (AvgIpc) is 3.14. The third kappa shape index (κ3) is 3.91. The molecule has 30 heavy (non-hydrogen) atoms. The second-order valence-electron chi connectivity index (χ2n) is 7.31. The standard InChI is InChI=1S/C27H22N2S/c1-18(17-28)15-19(2)24(29)10-6-3-7-20-11-13-25-23(16-20)27-22-9-5-4-8-21(22)12-14-26(27)30-25/h3-6,8-16H,2,7,29H2,1H3/b6-3-,18-15+,24-10-. The van der Waals surface area contributed by atoms with Crippen LogP contribution >= 0.6 is 11.3 Å². The minimum Gasteiger partial charge on any atom is -0.398 e. The maximum Gasteiger partial charge on any atom is 0.0944 e. The van der Waals surface area contributed by atoms with Gasteiger partial charge in [0.25, 0.3) is 0 Å². The molecule has 3 aromatic carbocycles. The van der Waals surface area contributed by atoms with Crippen LogP contribution in [0.1, 0.15) is 12.5 Å². The number of nitrogens with zero attached hydrogens (tertiary/aromatic N) is 1. The molecule has 4 rings (SSSR count). The van der Waals surface area contributed by atoms with Gasteiger partial charge in [-0.25, -0.2) is 0 Å². The second kappa shape index (κ2) is 8.41. The molecule has 0 fully saturated rings. The van der Waals surface area contributed by atoms with Gasteiger partial charge in [-0.1, -0.05) is 55.1 Å². The molecule has 0 saturated carbocycles. The van der Waals surface area contributed by atoms with Crippen LogP contribution in [-0.4, -0.2) is 0 Å². The highest BCUT2D eigenvalue weighted by Crippen LogP contribution is 2.38. The van der Waals surface area contributed by atoms with Gasteiger partial charge < -0.3 is 5.73 Å². The Kier molecular flexibility index (Phi) is 5.52. The Labute approximate surface area is 180 Å². The predicted molar refractivity (Wildman–Crippen MR) is 130 cm³/mol. The lowest BCUT2D eigenvalue weighted by atomic mass is 10.0. The molecule has 0 spiro atoms. The first-order valence-corrected chi connectivity index (χ1v) is 10.6. The lowest BCUT2D eigenvalue weighted by Gasteiger charge is -2.02. The van der Waals surface area contributed by atoms with Crippen LogP contribution in [0.5, 0.6) is 0 Å². The van der Waals surface area contributed by atoms with Gasteiger partial charge in [0, 0.05) is 31.4 Å². The van der Waals surface area contributed by atoms with Crippen LogP contribution in [0.2, 0.25) is 0 Å². The number of rotatable bonds is 5. The maximum absolute atomic E-state index is 8.86. The lowest BCUT2D eigenvalue weighted by Crippen LogP contribution is -1.98. The SMILES string of the molecule is C=C(/C=C(\C)C#N)/C(N)=C/C=C\Cc1ccc2sc3ccc4ccccc4c3c2c1. The fourth-order valence-electron chi connectivity index (χ4n) is 3.58. The molecular weight excluding hydrogens is 384 g/mol. The molecule has 4 aromatic rings. The number of benzene rings is 3. The number of hydrogen-bond donors (Lipinski definition) is 1. The minimum absolute atomic E-state index is 0.562. The van der Waals surface area contributed by atoms with E-state index < -0.39 is 0 Å². The van der Waals surface area contributed by atoms with Gasteiger partial charge in [0.05, 0.1) is 6.07 Å². The molecule has 0 aliphatic heterocycles. The van der Waals surface area contributed by atoms with E-state index in [9.17, 15) is 0 Å². The Balaban J connectivity index is 1.61. The van der Waals surface area contributed by atoms with E-state index >= 15 is 0 Å². The van der Waals surface area contributed by atoms with E-state index in [0.717, 1.165) is 6.42 Å². The second-order valence-corrected chi connectivity index (χ2v) is 8.39. The van der Waals surface area contributed by atoms with E-state index in [1.807, 2.05) is 23.5 Å². The summed E-state index contributed by atoms with van der Waals surface area (Å²) in [6, 6.07) is 21.8. The van der Waals surface area contributed by atoms with Gasteiger partial charge in [-0.15, -0.1) is 11.3 Å². The zero-order chi connectivity index (χ0) is 21.1. The summed E-state index contributed by atoms with van der Waals surface area (Å²) in [5.41, 5.74) is 9.09. The van der Waals surface area contributed by atoms with E-state index in [1.54, 1.807) is 13.0 Å². The van der Waals surface area contributed by atoms with Crippen molar-refractivity contribution in [1.29, 1.82) is 5.26 Å². The van der Waals surface area contributed by atoms with Crippen molar-refractivity contribution in [3.8, 4) is 6.07 Å². The van der Waals surface area contributed by atoms with Crippen LogP contribution in [0.4, 0.5) is 0 Å². The minimum atomic E-state index is 0.562. The van der Waals surface area contributed by atoms with Crippen LogP contribution < -0.4 is 5.73 Å². The molecule has 0 aliphatic rings. The summed E-state index contributed by atoms with van der Waals surface area (Å²) in [5.74, 6) is 0. The Morgan fingerprint density at radius 1 is 1.10 bits per heavy atom. The topological polar surface area (TPSA) is 49.8 Å². The van der Waals surface area contributed by atoms with Crippen molar-refractivity contribution in [2.24, 2.45) is 5.73 Å². The van der Waals surface area contributed by atoms with Crippen molar-refractivity contribution in [3.05, 3.63) is 108 Å². The summed E-state index contributed by atoms with van der Waals surface area (Å²) in [4.78, 5) is 0. The van der Waals surface area contributed by atoms with E-state index in [0.29, 0.717) is 16.8 Å². The summed E-state index contributed by atoms with van der Waals surface area (Å²) in [6.45, 7) is 5.65. The highest BCUT2D eigenvalue weighted by molar-refractivity contribution is 7.26. The first-order chi connectivity index (χ1) is 14.6. The van der Waals surface area contributed by atoms with Crippen LogP contribution in [-0.2, 0) is 6.42 Å². The first-order valence-electron chi connectivity index (χ1n) is 9.79. The number of allylic oxidation sites excluding steroid dienone is 5. The van der Waals surface area contributed by atoms with Gasteiger partial charge in [0.1, 0.15) is 0 Å². The third-order valence-electron chi connectivity index (χ3n) is 5.13. The third-order valence-corrected chi connectivity index (χ3v) is 6.26. The summed E-state index contributed by atoms with van der Waals surface area (Å²) in [5, 5.41) is 14.1. The molecule has 0 saturated heterocycles. The molecule has 1 aromatic heterocycles. The van der Waals surface area contributed by atoms with Gasteiger partial charge in [-0.3, -0.25) is 0 Å². The number of thiophene rings is 1.